The van der Waals surface area contributed by atoms with Crippen molar-refractivity contribution in [2.24, 2.45) is 4.99 Å². The molecule has 4 heteroatoms. The first-order valence-electron chi connectivity index (χ1n) is 4.34. The number of halogens is 2. The van der Waals surface area contributed by atoms with E-state index in [1.54, 1.807) is 18.2 Å². The molecule has 0 N–H and O–H groups in total. The molecule has 1 aromatic carbocycles. The Bertz CT molecular complexity index is 369. The van der Waals surface area contributed by atoms with E-state index in [9.17, 15) is 0 Å². The lowest BCUT2D eigenvalue weighted by Crippen LogP contribution is -2.09. The lowest BCUT2D eigenvalue weighted by Gasteiger charge is -2.08. The molecule has 2 rings (SSSR count). The van der Waals surface area contributed by atoms with Gasteiger partial charge in [0.05, 0.1) is 22.2 Å². The van der Waals surface area contributed by atoms with Crippen molar-refractivity contribution in [2.45, 2.75) is 13.0 Å². The number of rotatable bonds is 1. The van der Waals surface area contributed by atoms with Crippen LogP contribution >= 0.6 is 23.2 Å². The van der Waals surface area contributed by atoms with Gasteiger partial charge in [0.1, 0.15) is 6.10 Å². The van der Waals surface area contributed by atoms with E-state index < -0.39 is 0 Å². The summed E-state index contributed by atoms with van der Waals surface area (Å²) in [5, 5.41) is 1.15. The molecule has 0 fully saturated rings. The molecule has 1 unspecified atom stereocenters. The van der Waals surface area contributed by atoms with Crippen molar-refractivity contribution in [3.05, 3.63) is 33.8 Å². The monoisotopic (exact) mass is 229 g/mol. The molecule has 2 nitrogen and oxygen atoms in total. The van der Waals surface area contributed by atoms with Crippen molar-refractivity contribution in [2.75, 3.05) is 6.54 Å². The standard InChI is InChI=1S/C10H9Cl2NO/c1-6-5-13-10(14-6)9-7(11)3-2-4-8(9)12/h2-4,6H,5H2,1H3. The van der Waals surface area contributed by atoms with Crippen molar-refractivity contribution in [3.63, 3.8) is 0 Å². The number of benzene rings is 1. The fourth-order valence-corrected chi connectivity index (χ4v) is 1.88. The highest BCUT2D eigenvalue weighted by Gasteiger charge is 2.21. The predicted molar refractivity (Wildman–Crippen MR) is 58.4 cm³/mol. The summed E-state index contributed by atoms with van der Waals surface area (Å²) in [6.07, 6.45) is 0.109. The fourth-order valence-electron chi connectivity index (χ4n) is 1.32. The van der Waals surface area contributed by atoms with Gasteiger partial charge < -0.3 is 4.74 Å². The molecule has 0 aliphatic carbocycles. The minimum atomic E-state index is 0.109. The van der Waals surface area contributed by atoms with Gasteiger partial charge in [-0.3, -0.25) is 0 Å². The second-order valence-corrected chi connectivity index (χ2v) is 3.99. The number of aliphatic imine (C=N–C) groups is 1. The predicted octanol–water partition coefficient (Wildman–Crippen LogP) is 3.16. The average Bonchev–Trinajstić information content (AvgIpc) is 2.51. The molecule has 1 aliphatic rings. The molecule has 74 valence electrons. The van der Waals surface area contributed by atoms with Crippen molar-refractivity contribution < 1.29 is 4.74 Å². The lowest BCUT2D eigenvalue weighted by atomic mass is 10.2. The van der Waals surface area contributed by atoms with Gasteiger partial charge in [-0.1, -0.05) is 29.3 Å². The summed E-state index contributed by atoms with van der Waals surface area (Å²) < 4.78 is 5.49. The van der Waals surface area contributed by atoms with Crippen molar-refractivity contribution in [1.29, 1.82) is 0 Å². The first kappa shape index (κ1) is 9.81. The van der Waals surface area contributed by atoms with Gasteiger partial charge in [0.2, 0.25) is 5.90 Å². The summed E-state index contributed by atoms with van der Waals surface area (Å²) in [6.45, 7) is 2.62. The van der Waals surface area contributed by atoms with Crippen molar-refractivity contribution in [3.8, 4) is 0 Å². The third-order valence-electron chi connectivity index (χ3n) is 1.98. The second kappa shape index (κ2) is 3.79. The zero-order valence-corrected chi connectivity index (χ0v) is 9.14. The van der Waals surface area contributed by atoms with Crippen LogP contribution in [0.4, 0.5) is 0 Å². The normalized spacial score (nSPS) is 20.5. The van der Waals surface area contributed by atoms with Gasteiger partial charge in [-0.25, -0.2) is 4.99 Å². The molecule has 14 heavy (non-hydrogen) atoms. The Labute approximate surface area is 92.5 Å². The van der Waals surface area contributed by atoms with E-state index in [1.165, 1.54) is 0 Å². The maximum atomic E-state index is 6.01. The van der Waals surface area contributed by atoms with Crippen LogP contribution in [0.15, 0.2) is 23.2 Å². The van der Waals surface area contributed by atoms with Crippen LogP contribution in [0, 0.1) is 0 Å². The Morgan fingerprint density at radius 3 is 2.50 bits per heavy atom. The number of ether oxygens (including phenoxy) is 1. The maximum absolute atomic E-state index is 6.01. The Kier molecular flexibility index (Phi) is 2.66. The third kappa shape index (κ3) is 1.72. The zero-order valence-electron chi connectivity index (χ0n) is 7.63. The average molecular weight is 230 g/mol. The summed E-state index contributed by atoms with van der Waals surface area (Å²) in [5.74, 6) is 0.549. The maximum Gasteiger partial charge on any atom is 0.219 e. The third-order valence-corrected chi connectivity index (χ3v) is 2.61. The van der Waals surface area contributed by atoms with E-state index in [2.05, 4.69) is 4.99 Å². The van der Waals surface area contributed by atoms with E-state index in [0.29, 0.717) is 28.1 Å². The molecule has 1 atom stereocenters. The van der Waals surface area contributed by atoms with Crippen LogP contribution in [-0.4, -0.2) is 18.5 Å². The molecular weight excluding hydrogens is 221 g/mol. The highest BCUT2D eigenvalue weighted by Crippen LogP contribution is 2.27. The van der Waals surface area contributed by atoms with Gasteiger partial charge in [0.15, 0.2) is 0 Å². The molecule has 0 saturated heterocycles. The van der Waals surface area contributed by atoms with Crippen molar-refractivity contribution >= 4 is 29.1 Å². The van der Waals surface area contributed by atoms with Crippen LogP contribution in [0.3, 0.4) is 0 Å². The molecule has 1 aliphatic heterocycles. The van der Waals surface area contributed by atoms with E-state index in [0.717, 1.165) is 0 Å². The molecular formula is C10H9Cl2NO. The Morgan fingerprint density at radius 2 is 2.00 bits per heavy atom. The summed E-state index contributed by atoms with van der Waals surface area (Å²) in [6, 6.07) is 5.35. The van der Waals surface area contributed by atoms with E-state index in [-0.39, 0.29) is 6.10 Å². The molecule has 1 aromatic rings. The van der Waals surface area contributed by atoms with Gasteiger partial charge in [-0.15, -0.1) is 0 Å². The first-order chi connectivity index (χ1) is 6.68. The van der Waals surface area contributed by atoms with Crippen LogP contribution in [0.25, 0.3) is 0 Å². The lowest BCUT2D eigenvalue weighted by molar-refractivity contribution is 0.246. The van der Waals surface area contributed by atoms with Crippen molar-refractivity contribution in [1.82, 2.24) is 0 Å². The largest absolute Gasteiger partial charge is 0.472 e. The molecule has 0 aromatic heterocycles. The SMILES string of the molecule is CC1CN=C(c2c(Cl)cccc2Cl)O1. The van der Waals surface area contributed by atoms with Crippen LogP contribution in [0.5, 0.6) is 0 Å². The fraction of sp³-hybridized carbons (Fsp3) is 0.300. The van der Waals surface area contributed by atoms with E-state index >= 15 is 0 Å². The minimum Gasteiger partial charge on any atom is -0.472 e. The topological polar surface area (TPSA) is 21.6 Å². The first-order valence-corrected chi connectivity index (χ1v) is 5.09. The summed E-state index contributed by atoms with van der Waals surface area (Å²) in [7, 11) is 0. The molecule has 0 spiro atoms. The second-order valence-electron chi connectivity index (χ2n) is 3.17. The summed E-state index contributed by atoms with van der Waals surface area (Å²) >= 11 is 12.0. The van der Waals surface area contributed by atoms with Crippen LogP contribution in [0.1, 0.15) is 12.5 Å². The highest BCUT2D eigenvalue weighted by molar-refractivity contribution is 6.39. The van der Waals surface area contributed by atoms with Gasteiger partial charge in [0.25, 0.3) is 0 Å². The highest BCUT2D eigenvalue weighted by atomic mass is 35.5. The van der Waals surface area contributed by atoms with Gasteiger partial charge in [-0.05, 0) is 19.1 Å². The van der Waals surface area contributed by atoms with Gasteiger partial charge in [-0.2, -0.15) is 0 Å². The van der Waals surface area contributed by atoms with Gasteiger partial charge in [0, 0.05) is 0 Å². The summed E-state index contributed by atoms with van der Waals surface area (Å²) in [4.78, 5) is 4.23. The number of nitrogens with zero attached hydrogens (tertiary/aromatic N) is 1. The molecule has 0 saturated carbocycles. The Balaban J connectivity index is 2.42. The minimum absolute atomic E-state index is 0.109. The van der Waals surface area contributed by atoms with Crippen LogP contribution < -0.4 is 0 Å². The van der Waals surface area contributed by atoms with Gasteiger partial charge >= 0.3 is 0 Å². The molecule has 0 bridgehead atoms. The quantitative estimate of drug-likeness (QED) is 0.726. The number of hydrogen-bond acceptors (Lipinski definition) is 2. The Morgan fingerprint density at radius 1 is 1.36 bits per heavy atom. The van der Waals surface area contributed by atoms with E-state index in [1.807, 2.05) is 6.92 Å². The van der Waals surface area contributed by atoms with Crippen LogP contribution in [-0.2, 0) is 4.74 Å². The zero-order chi connectivity index (χ0) is 10.1. The van der Waals surface area contributed by atoms with Crippen LogP contribution in [0.2, 0.25) is 10.0 Å². The molecule has 0 radical (unpaired) electrons. The van der Waals surface area contributed by atoms with E-state index in [4.69, 9.17) is 27.9 Å². The molecule has 0 amide bonds. The summed E-state index contributed by atoms with van der Waals surface area (Å²) in [5.41, 5.74) is 0.695. The Hall–Kier alpha value is -0.730. The molecule has 1 heterocycles. The smallest absolute Gasteiger partial charge is 0.219 e. The number of hydrogen-bond donors (Lipinski definition) is 0.